The Morgan fingerprint density at radius 1 is 0.421 bits per heavy atom. The van der Waals surface area contributed by atoms with Crippen LogP contribution in [0.2, 0.25) is 0 Å². The van der Waals surface area contributed by atoms with Crippen LogP contribution in [0.4, 0.5) is 67.2 Å². The molecule has 0 saturated heterocycles. The molecule has 2 amide bonds. The molecule has 0 fully saturated rings. The topological polar surface area (TPSA) is 316 Å². The fraction of sp³-hybridized carbons (Fsp3) is 0.0800. The fourth-order valence-corrected chi connectivity index (χ4v) is 8.35. The number of aromatic nitrogens is 6. The van der Waals surface area contributed by atoms with Gasteiger partial charge < -0.3 is 42.5 Å². The van der Waals surface area contributed by atoms with Gasteiger partial charge in [-0.25, -0.2) is 8.78 Å². The molecule has 0 aliphatic rings. The molecule has 0 unspecified atom stereocenters. The molecule has 0 aliphatic heterocycles. The van der Waals surface area contributed by atoms with E-state index < -0.39 is 53.5 Å². The second-order valence-corrected chi connectivity index (χ2v) is 18.8. The Kier molecular flexibility index (Phi) is 16.7. The summed E-state index contributed by atoms with van der Waals surface area (Å²) in [6.45, 7) is 0.528. The first-order valence-corrected chi connectivity index (χ1v) is 25.6. The minimum atomic E-state index is -4.94. The summed E-state index contributed by atoms with van der Waals surface area (Å²) in [6.07, 6.45) is 2.44. The van der Waals surface area contributed by atoms with Crippen LogP contribution in [0.15, 0.2) is 155 Å². The van der Waals surface area contributed by atoms with Crippen LogP contribution in [0.25, 0.3) is 12.2 Å². The first-order valence-electron chi connectivity index (χ1n) is 22.7. The first-order chi connectivity index (χ1) is 36.5. The van der Waals surface area contributed by atoms with Crippen molar-refractivity contribution in [3.63, 3.8) is 0 Å². The average Bonchev–Trinajstić information content (AvgIpc) is 3.39. The molecule has 2 heterocycles. The van der Waals surface area contributed by atoms with Crippen LogP contribution in [-0.2, 0) is 20.2 Å². The molecule has 0 atom stereocenters. The van der Waals surface area contributed by atoms with Crippen molar-refractivity contribution >= 4 is 103 Å². The van der Waals surface area contributed by atoms with Crippen molar-refractivity contribution in [2.45, 2.75) is 9.79 Å². The number of nitrogens with one attached hydrogen (secondary N) is 8. The summed E-state index contributed by atoms with van der Waals surface area (Å²) in [5, 5.41) is 23.3. The third kappa shape index (κ3) is 15.0. The lowest BCUT2D eigenvalue weighted by atomic mass is 10.1. The van der Waals surface area contributed by atoms with Crippen LogP contribution in [0.1, 0.15) is 31.8 Å². The van der Waals surface area contributed by atoms with Gasteiger partial charge in [-0.1, -0.05) is 60.7 Å². The largest absolute Gasteiger partial charge is 0.352 e. The van der Waals surface area contributed by atoms with Gasteiger partial charge in [-0.2, -0.15) is 46.7 Å². The summed E-state index contributed by atoms with van der Waals surface area (Å²) in [5.41, 5.74) is 1.81. The lowest BCUT2D eigenvalue weighted by Gasteiger charge is -2.13. The molecule has 388 valence electrons. The third-order valence-electron chi connectivity index (χ3n) is 10.5. The van der Waals surface area contributed by atoms with E-state index in [1.807, 2.05) is 12.1 Å². The zero-order chi connectivity index (χ0) is 53.7. The van der Waals surface area contributed by atoms with Crippen LogP contribution in [0.3, 0.4) is 0 Å². The standard InChI is InChI=1S/C50H44F2N14O8S2/c51-35-19-13-33(14-20-35)43(67)53-25-27-55-45-61-47(57-37-7-3-1-4-8-37)65-49(63-45)59-39-23-17-31(41(29-39)75(69,70)71)11-12-32-18-24-40(30-42(32)76(72,73)74)60-50-64-46(62-48(66-50)58-38-9-5-2-6-10-38)56-28-26-54-44(68)34-15-21-36(52)22-16-34/h1-24,29-30H,25-28H2,(H,53,67)(H,54,68)(H,69,70,71)(H,72,73,74)(H3,55,57,59,61,63,65)(H3,56,58,60,62,64,66)/b12-11+. The quantitative estimate of drug-likeness (QED) is 0.0177. The highest BCUT2D eigenvalue weighted by Gasteiger charge is 2.20. The minimum Gasteiger partial charge on any atom is -0.352 e. The van der Waals surface area contributed by atoms with Crippen molar-refractivity contribution in [2.24, 2.45) is 0 Å². The van der Waals surface area contributed by atoms with Gasteiger partial charge in [0.15, 0.2) is 0 Å². The summed E-state index contributed by atoms with van der Waals surface area (Å²) < 4.78 is 98.7. The van der Waals surface area contributed by atoms with Gasteiger partial charge in [0.25, 0.3) is 32.1 Å². The Balaban J connectivity index is 0.992. The Morgan fingerprint density at radius 3 is 1.09 bits per heavy atom. The number of benzene rings is 6. The van der Waals surface area contributed by atoms with Crippen molar-refractivity contribution in [2.75, 3.05) is 58.1 Å². The van der Waals surface area contributed by atoms with E-state index >= 15 is 0 Å². The van der Waals surface area contributed by atoms with Crippen LogP contribution >= 0.6 is 0 Å². The molecule has 0 spiro atoms. The van der Waals surface area contributed by atoms with Gasteiger partial charge in [-0.05, 0) is 108 Å². The van der Waals surface area contributed by atoms with Crippen molar-refractivity contribution < 1.29 is 44.3 Å². The lowest BCUT2D eigenvalue weighted by molar-refractivity contribution is 0.0947. The highest BCUT2D eigenvalue weighted by Crippen LogP contribution is 2.29. The number of hydrogen-bond acceptors (Lipinski definition) is 18. The molecule has 0 radical (unpaired) electrons. The number of amides is 2. The van der Waals surface area contributed by atoms with E-state index in [4.69, 9.17) is 0 Å². The maximum absolute atomic E-state index is 13.3. The molecular formula is C50H44F2N14O8S2. The number of nitrogens with zero attached hydrogens (tertiary/aromatic N) is 6. The lowest BCUT2D eigenvalue weighted by Crippen LogP contribution is -2.29. The maximum atomic E-state index is 13.3. The van der Waals surface area contributed by atoms with Crippen molar-refractivity contribution in [1.82, 2.24) is 40.5 Å². The van der Waals surface area contributed by atoms with Crippen molar-refractivity contribution in [1.29, 1.82) is 0 Å². The maximum Gasteiger partial charge on any atom is 0.295 e. The Bertz CT molecular complexity index is 3390. The second-order valence-electron chi connectivity index (χ2n) is 16.0. The number of carbonyl (C=O) groups excluding carboxylic acids is 2. The molecule has 22 nitrogen and oxygen atoms in total. The third-order valence-corrected chi connectivity index (χ3v) is 12.3. The van der Waals surface area contributed by atoms with E-state index in [1.54, 1.807) is 48.5 Å². The van der Waals surface area contributed by atoms with Gasteiger partial charge in [-0.15, -0.1) is 0 Å². The predicted octanol–water partition coefficient (Wildman–Crippen LogP) is 7.66. The number of anilines is 10. The van der Waals surface area contributed by atoms with Gasteiger partial charge in [-0.3, -0.25) is 18.7 Å². The Morgan fingerprint density at radius 2 is 0.750 bits per heavy atom. The molecule has 0 bridgehead atoms. The zero-order valence-corrected chi connectivity index (χ0v) is 41.1. The fourth-order valence-electron chi connectivity index (χ4n) is 6.93. The molecule has 8 aromatic rings. The normalized spacial score (nSPS) is 11.4. The number of hydrogen-bond donors (Lipinski definition) is 10. The van der Waals surface area contributed by atoms with E-state index in [9.17, 15) is 44.3 Å². The molecule has 2 aromatic heterocycles. The van der Waals surface area contributed by atoms with Crippen LogP contribution in [0, 0.1) is 11.6 Å². The van der Waals surface area contributed by atoms with E-state index in [0.717, 1.165) is 12.1 Å². The Hall–Kier alpha value is -9.50. The van der Waals surface area contributed by atoms with E-state index in [0.29, 0.717) is 11.4 Å². The van der Waals surface area contributed by atoms with Crippen LogP contribution in [0.5, 0.6) is 0 Å². The molecule has 8 rings (SSSR count). The summed E-state index contributed by atoms with van der Waals surface area (Å²) in [5.74, 6) is -1.70. The molecule has 0 saturated carbocycles. The molecule has 10 N–H and O–H groups in total. The number of carbonyl (C=O) groups is 2. The summed E-state index contributed by atoms with van der Waals surface area (Å²) >= 11 is 0. The van der Waals surface area contributed by atoms with Gasteiger partial charge in [0.05, 0.1) is 0 Å². The van der Waals surface area contributed by atoms with Gasteiger partial charge in [0.2, 0.25) is 35.7 Å². The van der Waals surface area contributed by atoms with Gasteiger partial charge >= 0.3 is 0 Å². The Labute approximate surface area is 433 Å². The second kappa shape index (κ2) is 24.0. The number of halogens is 2. The predicted molar refractivity (Wildman–Crippen MR) is 282 cm³/mol. The molecule has 6 aromatic carbocycles. The highest BCUT2D eigenvalue weighted by atomic mass is 32.2. The molecule has 26 heteroatoms. The zero-order valence-electron chi connectivity index (χ0n) is 39.4. The van der Waals surface area contributed by atoms with Crippen LogP contribution < -0.4 is 42.5 Å². The SMILES string of the molecule is O=C(NCCNc1nc(Nc2ccccc2)nc(Nc2ccc(/C=C/c3ccc(Nc4nc(NCCNC(=O)c5ccc(F)cc5)nc(Nc5ccccc5)n4)cc3S(=O)(=O)O)c(S(=O)(=O)O)c2)n1)c1ccc(F)cc1. The first kappa shape index (κ1) is 52.8. The smallest absolute Gasteiger partial charge is 0.295 e. The van der Waals surface area contributed by atoms with Gasteiger partial charge in [0.1, 0.15) is 21.4 Å². The van der Waals surface area contributed by atoms with Gasteiger partial charge in [0, 0.05) is 60.1 Å². The molecule has 0 aliphatic carbocycles. The summed E-state index contributed by atoms with van der Waals surface area (Å²) in [4.78, 5) is 50.2. The molecule has 76 heavy (non-hydrogen) atoms. The average molecular weight is 1070 g/mol. The van der Waals surface area contributed by atoms with Crippen molar-refractivity contribution in [3.8, 4) is 0 Å². The van der Waals surface area contributed by atoms with E-state index in [-0.39, 0.29) is 95.5 Å². The highest BCUT2D eigenvalue weighted by molar-refractivity contribution is 7.86. The van der Waals surface area contributed by atoms with Crippen molar-refractivity contribution in [3.05, 3.63) is 179 Å². The van der Waals surface area contributed by atoms with E-state index in [2.05, 4.69) is 72.4 Å². The van der Waals surface area contributed by atoms with Crippen LogP contribution in [-0.4, -0.2) is 93.8 Å². The number of rotatable bonds is 22. The monoisotopic (exact) mass is 1070 g/mol. The molecular weight excluding hydrogens is 1030 g/mol. The van der Waals surface area contributed by atoms with E-state index in [1.165, 1.54) is 84.9 Å². The summed E-state index contributed by atoms with van der Waals surface area (Å²) in [7, 11) is -9.89. The number of para-hydroxylation sites is 2. The summed E-state index contributed by atoms with van der Waals surface area (Å²) in [6, 6.07) is 35.7. The minimum absolute atomic E-state index is 0.0529.